The van der Waals surface area contributed by atoms with E-state index in [1.165, 1.54) is 45.1 Å². The molecule has 88 valence electrons. The molecule has 2 aliphatic rings. The topological polar surface area (TPSA) is 21.3 Å². The van der Waals surface area contributed by atoms with Crippen molar-refractivity contribution in [1.29, 1.82) is 0 Å². The van der Waals surface area contributed by atoms with E-state index in [9.17, 15) is 0 Å². The van der Waals surface area contributed by atoms with E-state index >= 15 is 0 Å². The molecule has 0 bridgehead atoms. The average molecular weight is 211 g/mol. The van der Waals surface area contributed by atoms with E-state index < -0.39 is 0 Å². The average Bonchev–Trinajstić information content (AvgIpc) is 3.08. The largest absolute Gasteiger partial charge is 0.380 e. The van der Waals surface area contributed by atoms with Crippen molar-refractivity contribution in [1.82, 2.24) is 5.32 Å². The molecular formula is C13H25NO. The lowest BCUT2D eigenvalue weighted by molar-refractivity contribution is 0.131. The van der Waals surface area contributed by atoms with Gasteiger partial charge < -0.3 is 10.1 Å². The SMILES string of the molecule is CCCCOCCNCC1(C2CC2)CC1. The number of unbranched alkanes of at least 4 members (excludes halogenated alkanes) is 1. The van der Waals surface area contributed by atoms with Crippen LogP contribution in [0.3, 0.4) is 0 Å². The number of ether oxygens (including phenoxy) is 1. The maximum atomic E-state index is 5.52. The zero-order valence-electron chi connectivity index (χ0n) is 10.1. The summed E-state index contributed by atoms with van der Waals surface area (Å²) < 4.78 is 5.52. The Balaban J connectivity index is 1.42. The summed E-state index contributed by atoms with van der Waals surface area (Å²) in [5.41, 5.74) is 0.740. The molecule has 0 unspecified atom stereocenters. The van der Waals surface area contributed by atoms with Gasteiger partial charge in [-0.3, -0.25) is 0 Å². The van der Waals surface area contributed by atoms with Gasteiger partial charge in [0.1, 0.15) is 0 Å². The molecule has 0 heterocycles. The quantitative estimate of drug-likeness (QED) is 0.592. The molecule has 0 spiro atoms. The second-order valence-corrected chi connectivity index (χ2v) is 5.28. The Bertz CT molecular complexity index is 185. The Morgan fingerprint density at radius 1 is 1.27 bits per heavy atom. The fourth-order valence-electron chi connectivity index (χ4n) is 2.42. The van der Waals surface area contributed by atoms with E-state index in [0.29, 0.717) is 0 Å². The van der Waals surface area contributed by atoms with Crippen LogP contribution in [0.1, 0.15) is 45.4 Å². The molecule has 2 saturated carbocycles. The Morgan fingerprint density at radius 3 is 2.67 bits per heavy atom. The van der Waals surface area contributed by atoms with Crippen molar-refractivity contribution in [2.45, 2.75) is 45.4 Å². The van der Waals surface area contributed by atoms with Crippen LogP contribution in [0.15, 0.2) is 0 Å². The van der Waals surface area contributed by atoms with Crippen LogP contribution in [-0.4, -0.2) is 26.3 Å². The van der Waals surface area contributed by atoms with Crippen molar-refractivity contribution in [3.05, 3.63) is 0 Å². The van der Waals surface area contributed by atoms with Crippen LogP contribution < -0.4 is 5.32 Å². The molecule has 2 fully saturated rings. The predicted octanol–water partition coefficient (Wildman–Crippen LogP) is 2.58. The molecule has 2 nitrogen and oxygen atoms in total. The summed E-state index contributed by atoms with van der Waals surface area (Å²) in [6.45, 7) is 6.31. The third-order valence-electron chi connectivity index (χ3n) is 3.88. The van der Waals surface area contributed by atoms with E-state index in [1.54, 1.807) is 0 Å². The number of rotatable bonds is 9. The summed E-state index contributed by atoms with van der Waals surface area (Å²) in [7, 11) is 0. The number of hydrogen-bond donors (Lipinski definition) is 1. The molecule has 0 aromatic heterocycles. The molecule has 2 rings (SSSR count). The third kappa shape index (κ3) is 3.46. The second kappa shape index (κ2) is 5.31. The second-order valence-electron chi connectivity index (χ2n) is 5.28. The molecule has 0 atom stereocenters. The minimum atomic E-state index is 0.740. The van der Waals surface area contributed by atoms with Crippen molar-refractivity contribution in [2.24, 2.45) is 11.3 Å². The van der Waals surface area contributed by atoms with Crippen LogP contribution in [0, 0.1) is 11.3 Å². The number of hydrogen-bond acceptors (Lipinski definition) is 2. The Hall–Kier alpha value is -0.0800. The first-order chi connectivity index (χ1) is 7.37. The highest BCUT2D eigenvalue weighted by molar-refractivity contribution is 5.04. The standard InChI is InChI=1S/C13H25NO/c1-2-3-9-15-10-8-14-11-13(6-7-13)12-4-5-12/h12,14H,2-11H2,1H3. The fraction of sp³-hybridized carbons (Fsp3) is 1.00. The van der Waals surface area contributed by atoms with Gasteiger partial charge in [0.25, 0.3) is 0 Å². The van der Waals surface area contributed by atoms with Gasteiger partial charge in [0.15, 0.2) is 0 Å². The zero-order chi connectivity index (χ0) is 10.6. The first-order valence-corrected chi connectivity index (χ1v) is 6.66. The normalized spacial score (nSPS) is 23.0. The van der Waals surface area contributed by atoms with Crippen molar-refractivity contribution in [2.75, 3.05) is 26.3 Å². The maximum Gasteiger partial charge on any atom is 0.0590 e. The van der Waals surface area contributed by atoms with E-state index in [0.717, 1.165) is 31.1 Å². The summed E-state index contributed by atoms with van der Waals surface area (Å²) in [5, 5.41) is 3.56. The summed E-state index contributed by atoms with van der Waals surface area (Å²) in [6.07, 6.45) is 8.37. The van der Waals surface area contributed by atoms with Gasteiger partial charge in [-0.2, -0.15) is 0 Å². The van der Waals surface area contributed by atoms with Crippen molar-refractivity contribution in [3.8, 4) is 0 Å². The van der Waals surface area contributed by atoms with Crippen LogP contribution in [-0.2, 0) is 4.74 Å². The van der Waals surface area contributed by atoms with Crippen LogP contribution in [0.2, 0.25) is 0 Å². The van der Waals surface area contributed by atoms with Crippen LogP contribution in [0.25, 0.3) is 0 Å². The van der Waals surface area contributed by atoms with Crippen LogP contribution >= 0.6 is 0 Å². The Morgan fingerprint density at radius 2 is 2.07 bits per heavy atom. The van der Waals surface area contributed by atoms with Crippen molar-refractivity contribution >= 4 is 0 Å². The van der Waals surface area contributed by atoms with Gasteiger partial charge in [0.05, 0.1) is 6.61 Å². The molecule has 15 heavy (non-hydrogen) atoms. The molecule has 0 aromatic rings. The first-order valence-electron chi connectivity index (χ1n) is 6.66. The molecular weight excluding hydrogens is 186 g/mol. The van der Waals surface area contributed by atoms with Gasteiger partial charge in [-0.1, -0.05) is 13.3 Å². The highest BCUT2D eigenvalue weighted by Gasteiger charge is 2.52. The molecule has 2 heteroatoms. The molecule has 0 aromatic carbocycles. The minimum absolute atomic E-state index is 0.740. The lowest BCUT2D eigenvalue weighted by Crippen LogP contribution is -2.28. The predicted molar refractivity (Wildman–Crippen MR) is 63.0 cm³/mol. The highest BCUT2D eigenvalue weighted by Crippen LogP contribution is 2.60. The third-order valence-corrected chi connectivity index (χ3v) is 3.88. The van der Waals surface area contributed by atoms with Gasteiger partial charge in [-0.05, 0) is 43.4 Å². The molecule has 0 amide bonds. The summed E-state index contributed by atoms with van der Waals surface area (Å²) in [4.78, 5) is 0. The van der Waals surface area contributed by atoms with E-state index in [-0.39, 0.29) is 0 Å². The van der Waals surface area contributed by atoms with E-state index in [1.807, 2.05) is 0 Å². The molecule has 1 N–H and O–H groups in total. The van der Waals surface area contributed by atoms with Crippen molar-refractivity contribution in [3.63, 3.8) is 0 Å². The van der Waals surface area contributed by atoms with Crippen LogP contribution in [0.5, 0.6) is 0 Å². The fourth-order valence-corrected chi connectivity index (χ4v) is 2.42. The van der Waals surface area contributed by atoms with Crippen molar-refractivity contribution < 1.29 is 4.74 Å². The number of nitrogens with one attached hydrogen (secondary N) is 1. The van der Waals surface area contributed by atoms with Gasteiger partial charge in [-0.25, -0.2) is 0 Å². The molecule has 0 aliphatic heterocycles. The zero-order valence-corrected chi connectivity index (χ0v) is 10.1. The van der Waals surface area contributed by atoms with Gasteiger partial charge in [0.2, 0.25) is 0 Å². The lowest BCUT2D eigenvalue weighted by atomic mass is 10.0. The first kappa shape index (κ1) is 11.4. The maximum absolute atomic E-state index is 5.52. The lowest BCUT2D eigenvalue weighted by Gasteiger charge is -2.14. The Kier molecular flexibility index (Phi) is 4.04. The van der Waals surface area contributed by atoms with Gasteiger partial charge >= 0.3 is 0 Å². The Labute approximate surface area is 93.8 Å². The smallest absolute Gasteiger partial charge is 0.0590 e. The van der Waals surface area contributed by atoms with Gasteiger partial charge in [0, 0.05) is 19.7 Å². The highest BCUT2D eigenvalue weighted by atomic mass is 16.5. The summed E-state index contributed by atoms with van der Waals surface area (Å²) >= 11 is 0. The molecule has 0 saturated heterocycles. The van der Waals surface area contributed by atoms with Gasteiger partial charge in [-0.15, -0.1) is 0 Å². The monoisotopic (exact) mass is 211 g/mol. The molecule has 2 aliphatic carbocycles. The van der Waals surface area contributed by atoms with Crippen LogP contribution in [0.4, 0.5) is 0 Å². The minimum Gasteiger partial charge on any atom is -0.380 e. The summed E-state index contributed by atoms with van der Waals surface area (Å²) in [5.74, 6) is 1.08. The summed E-state index contributed by atoms with van der Waals surface area (Å²) in [6, 6.07) is 0. The van der Waals surface area contributed by atoms with E-state index in [4.69, 9.17) is 4.74 Å². The molecule has 0 radical (unpaired) electrons. The van der Waals surface area contributed by atoms with E-state index in [2.05, 4.69) is 12.2 Å².